The van der Waals surface area contributed by atoms with E-state index in [-0.39, 0.29) is 12.1 Å². The van der Waals surface area contributed by atoms with Gasteiger partial charge in [-0.2, -0.15) is 0 Å². The van der Waals surface area contributed by atoms with E-state index >= 15 is 0 Å². The lowest BCUT2D eigenvalue weighted by Crippen LogP contribution is -2.46. The number of halogens is 1. The SMILES string of the molecule is NC1CCCN(C(=O)Oc2ccccc2Cl)C1. The minimum absolute atomic E-state index is 0.0440. The molecular weight excluding hydrogens is 240 g/mol. The minimum atomic E-state index is -0.381. The number of hydrogen-bond acceptors (Lipinski definition) is 3. The fourth-order valence-electron chi connectivity index (χ4n) is 1.86. The van der Waals surface area contributed by atoms with Crippen LogP contribution in [0, 0.1) is 0 Å². The monoisotopic (exact) mass is 254 g/mol. The molecule has 5 heteroatoms. The molecule has 0 spiro atoms. The number of para-hydroxylation sites is 1. The smallest absolute Gasteiger partial charge is 0.409 e. The Labute approximate surface area is 105 Å². The van der Waals surface area contributed by atoms with E-state index in [0.717, 1.165) is 12.8 Å². The van der Waals surface area contributed by atoms with Crippen molar-refractivity contribution in [3.8, 4) is 5.75 Å². The van der Waals surface area contributed by atoms with Crippen molar-refractivity contribution in [3.63, 3.8) is 0 Å². The van der Waals surface area contributed by atoms with Crippen molar-refractivity contribution >= 4 is 17.7 Å². The van der Waals surface area contributed by atoms with Crippen LogP contribution in [0.4, 0.5) is 4.79 Å². The van der Waals surface area contributed by atoms with Gasteiger partial charge in [-0.25, -0.2) is 4.79 Å². The van der Waals surface area contributed by atoms with Crippen molar-refractivity contribution in [2.24, 2.45) is 5.73 Å². The molecule has 0 radical (unpaired) electrons. The number of carbonyl (C=O) groups excluding carboxylic acids is 1. The molecule has 0 aliphatic carbocycles. The van der Waals surface area contributed by atoms with Gasteiger partial charge >= 0.3 is 6.09 Å². The molecule has 1 atom stereocenters. The lowest BCUT2D eigenvalue weighted by Gasteiger charge is -2.29. The highest BCUT2D eigenvalue weighted by atomic mass is 35.5. The molecular formula is C12H15ClN2O2. The van der Waals surface area contributed by atoms with Gasteiger partial charge in [-0.15, -0.1) is 0 Å². The first-order valence-corrected chi connectivity index (χ1v) is 6.01. The third kappa shape index (κ3) is 3.11. The first kappa shape index (κ1) is 12.2. The second-order valence-electron chi connectivity index (χ2n) is 4.15. The fraction of sp³-hybridized carbons (Fsp3) is 0.417. The van der Waals surface area contributed by atoms with Crippen LogP contribution in [0.5, 0.6) is 5.75 Å². The third-order valence-electron chi connectivity index (χ3n) is 2.75. The topological polar surface area (TPSA) is 55.6 Å². The summed E-state index contributed by atoms with van der Waals surface area (Å²) >= 11 is 5.92. The maximum atomic E-state index is 11.9. The highest BCUT2D eigenvalue weighted by Gasteiger charge is 2.23. The minimum Gasteiger partial charge on any atom is -0.409 e. The Hall–Kier alpha value is -1.26. The summed E-state index contributed by atoms with van der Waals surface area (Å²) in [5, 5.41) is 0.433. The van der Waals surface area contributed by atoms with E-state index in [1.54, 1.807) is 29.2 Å². The van der Waals surface area contributed by atoms with Crippen molar-refractivity contribution < 1.29 is 9.53 Å². The molecule has 17 heavy (non-hydrogen) atoms. The summed E-state index contributed by atoms with van der Waals surface area (Å²) in [6, 6.07) is 6.96. The van der Waals surface area contributed by atoms with Crippen LogP contribution in [0.25, 0.3) is 0 Å². The van der Waals surface area contributed by atoms with Gasteiger partial charge in [-0.3, -0.25) is 0 Å². The number of ether oxygens (including phenoxy) is 1. The maximum Gasteiger partial charge on any atom is 0.415 e. The summed E-state index contributed by atoms with van der Waals surface area (Å²) < 4.78 is 5.23. The van der Waals surface area contributed by atoms with Gasteiger partial charge in [0.2, 0.25) is 0 Å². The number of nitrogens with zero attached hydrogens (tertiary/aromatic N) is 1. The molecule has 1 fully saturated rings. The lowest BCUT2D eigenvalue weighted by molar-refractivity contribution is 0.137. The second-order valence-corrected chi connectivity index (χ2v) is 4.55. The average molecular weight is 255 g/mol. The van der Waals surface area contributed by atoms with Crippen molar-refractivity contribution in [1.29, 1.82) is 0 Å². The molecule has 2 rings (SSSR count). The number of carbonyl (C=O) groups is 1. The van der Waals surface area contributed by atoms with Crippen LogP contribution in [-0.4, -0.2) is 30.1 Å². The van der Waals surface area contributed by atoms with Crippen LogP contribution in [0.15, 0.2) is 24.3 Å². The summed E-state index contributed by atoms with van der Waals surface area (Å²) in [5.41, 5.74) is 5.81. The van der Waals surface area contributed by atoms with Crippen molar-refractivity contribution in [2.75, 3.05) is 13.1 Å². The normalized spacial score (nSPS) is 20.1. The Kier molecular flexibility index (Phi) is 3.86. The van der Waals surface area contributed by atoms with Gasteiger partial charge in [0.25, 0.3) is 0 Å². The van der Waals surface area contributed by atoms with E-state index < -0.39 is 0 Å². The molecule has 1 aromatic carbocycles. The molecule has 1 aromatic rings. The second kappa shape index (κ2) is 5.38. The molecule has 1 unspecified atom stereocenters. The zero-order chi connectivity index (χ0) is 12.3. The van der Waals surface area contributed by atoms with Gasteiger partial charge in [0, 0.05) is 19.1 Å². The van der Waals surface area contributed by atoms with Crippen LogP contribution in [-0.2, 0) is 0 Å². The van der Waals surface area contributed by atoms with Gasteiger partial charge in [0.05, 0.1) is 5.02 Å². The van der Waals surface area contributed by atoms with E-state index in [2.05, 4.69) is 0 Å². The summed E-state index contributed by atoms with van der Waals surface area (Å²) in [7, 11) is 0. The number of amides is 1. The third-order valence-corrected chi connectivity index (χ3v) is 3.06. The Morgan fingerprint density at radius 1 is 1.47 bits per heavy atom. The van der Waals surface area contributed by atoms with Crippen molar-refractivity contribution in [3.05, 3.63) is 29.3 Å². The van der Waals surface area contributed by atoms with Crippen LogP contribution in [0.1, 0.15) is 12.8 Å². The molecule has 0 bridgehead atoms. The summed E-state index contributed by atoms with van der Waals surface area (Å²) in [6.45, 7) is 1.24. The van der Waals surface area contributed by atoms with Gasteiger partial charge in [-0.1, -0.05) is 23.7 Å². The van der Waals surface area contributed by atoms with Crippen LogP contribution < -0.4 is 10.5 Å². The maximum absolute atomic E-state index is 11.9. The van der Waals surface area contributed by atoms with E-state index in [4.69, 9.17) is 22.1 Å². The van der Waals surface area contributed by atoms with Gasteiger partial charge in [0.1, 0.15) is 0 Å². The molecule has 4 nitrogen and oxygen atoms in total. The Balaban J connectivity index is 1.99. The Morgan fingerprint density at radius 2 is 2.24 bits per heavy atom. The van der Waals surface area contributed by atoms with Crippen molar-refractivity contribution in [2.45, 2.75) is 18.9 Å². The molecule has 2 N–H and O–H groups in total. The van der Waals surface area contributed by atoms with Gasteiger partial charge < -0.3 is 15.4 Å². The predicted molar refractivity (Wildman–Crippen MR) is 66.3 cm³/mol. The number of likely N-dealkylation sites (tertiary alicyclic amines) is 1. The van der Waals surface area contributed by atoms with Crippen LogP contribution in [0.2, 0.25) is 5.02 Å². The number of benzene rings is 1. The van der Waals surface area contributed by atoms with Gasteiger partial charge in [0.15, 0.2) is 5.75 Å². The number of nitrogens with two attached hydrogens (primary N) is 1. The average Bonchev–Trinajstić information content (AvgIpc) is 2.32. The highest BCUT2D eigenvalue weighted by Crippen LogP contribution is 2.24. The number of hydrogen-bond donors (Lipinski definition) is 1. The summed E-state index contributed by atoms with van der Waals surface area (Å²) in [6.07, 6.45) is 1.49. The number of rotatable bonds is 1. The van der Waals surface area contributed by atoms with Crippen LogP contribution in [0.3, 0.4) is 0 Å². The molecule has 0 saturated carbocycles. The quantitative estimate of drug-likeness (QED) is 0.836. The molecule has 92 valence electrons. The molecule has 1 heterocycles. The highest BCUT2D eigenvalue weighted by molar-refractivity contribution is 6.32. The number of piperidine rings is 1. The first-order chi connectivity index (χ1) is 8.16. The molecule has 1 saturated heterocycles. The largest absolute Gasteiger partial charge is 0.415 e. The van der Waals surface area contributed by atoms with E-state index in [9.17, 15) is 4.79 Å². The van der Waals surface area contributed by atoms with Crippen LogP contribution >= 0.6 is 11.6 Å². The van der Waals surface area contributed by atoms with E-state index in [1.807, 2.05) is 0 Å². The molecule has 1 aliphatic heterocycles. The fourth-order valence-corrected chi connectivity index (χ4v) is 2.04. The molecule has 0 aromatic heterocycles. The first-order valence-electron chi connectivity index (χ1n) is 5.63. The zero-order valence-electron chi connectivity index (χ0n) is 9.43. The van der Waals surface area contributed by atoms with E-state index in [1.165, 1.54) is 0 Å². The zero-order valence-corrected chi connectivity index (χ0v) is 10.2. The predicted octanol–water partition coefficient (Wildman–Crippen LogP) is 2.26. The molecule has 1 aliphatic rings. The Morgan fingerprint density at radius 3 is 2.94 bits per heavy atom. The molecule has 1 amide bonds. The lowest BCUT2D eigenvalue weighted by atomic mass is 10.1. The van der Waals surface area contributed by atoms with E-state index in [0.29, 0.717) is 23.9 Å². The summed E-state index contributed by atoms with van der Waals surface area (Å²) in [5.74, 6) is 0.387. The Bertz CT molecular complexity index is 411. The standard InChI is InChI=1S/C12H15ClN2O2/c13-10-5-1-2-6-11(10)17-12(16)15-7-3-4-9(14)8-15/h1-2,5-6,9H,3-4,7-8,14H2. The van der Waals surface area contributed by atoms with Gasteiger partial charge in [-0.05, 0) is 25.0 Å². The van der Waals surface area contributed by atoms with Crippen molar-refractivity contribution in [1.82, 2.24) is 4.90 Å². The summed E-state index contributed by atoms with van der Waals surface area (Å²) in [4.78, 5) is 13.5.